The Labute approximate surface area is 188 Å². The standard InChI is InChI=1S/C19H25N5O3.C3H8O2/c1-5-18(2,3)17(25)26-11-19(10-20)9-8-15(27-19)13-6-7-14-16(21-4)22-12-23-24(13)14;1-3(2,4)5/h6-7,12,15H,5,8-9,11H2,1-4H3,(H,21,22,23);4-5H,1-2H3/t15-,19-;/m1./s1. The van der Waals surface area contributed by atoms with E-state index in [2.05, 4.69) is 21.5 Å². The molecule has 10 heteroatoms. The summed E-state index contributed by atoms with van der Waals surface area (Å²) >= 11 is 0. The van der Waals surface area contributed by atoms with E-state index in [1.165, 1.54) is 20.2 Å². The van der Waals surface area contributed by atoms with Crippen molar-refractivity contribution in [1.29, 1.82) is 5.26 Å². The molecule has 176 valence electrons. The molecule has 3 heterocycles. The number of carbonyl (C=O) groups is 1. The number of hydrogen-bond acceptors (Lipinski definition) is 9. The highest BCUT2D eigenvalue weighted by molar-refractivity contribution is 5.75. The number of aliphatic hydroxyl groups is 2. The third-order valence-electron chi connectivity index (χ3n) is 5.30. The number of rotatable bonds is 6. The van der Waals surface area contributed by atoms with Crippen LogP contribution >= 0.6 is 0 Å². The van der Waals surface area contributed by atoms with Gasteiger partial charge in [0.25, 0.3) is 0 Å². The molecular weight excluding hydrogens is 414 g/mol. The van der Waals surface area contributed by atoms with Crippen LogP contribution in [0, 0.1) is 16.7 Å². The molecule has 2 atom stereocenters. The zero-order chi connectivity index (χ0) is 24.2. The van der Waals surface area contributed by atoms with Crippen LogP contribution < -0.4 is 5.32 Å². The van der Waals surface area contributed by atoms with Crippen molar-refractivity contribution >= 4 is 17.3 Å². The summed E-state index contributed by atoms with van der Waals surface area (Å²) in [6, 6.07) is 6.05. The molecule has 0 aromatic carbocycles. The Hall–Kier alpha value is -2.74. The number of nitriles is 1. The summed E-state index contributed by atoms with van der Waals surface area (Å²) in [4.78, 5) is 16.4. The smallest absolute Gasteiger partial charge is 0.311 e. The molecule has 0 amide bonds. The number of ether oxygens (including phenoxy) is 2. The van der Waals surface area contributed by atoms with Crippen LogP contribution in [0.5, 0.6) is 0 Å². The Morgan fingerprint density at radius 1 is 1.41 bits per heavy atom. The number of aromatic nitrogens is 3. The molecule has 1 fully saturated rings. The Morgan fingerprint density at radius 2 is 2.06 bits per heavy atom. The average Bonchev–Trinajstić information content (AvgIpc) is 3.35. The summed E-state index contributed by atoms with van der Waals surface area (Å²) in [5, 5.41) is 33.2. The van der Waals surface area contributed by atoms with Gasteiger partial charge >= 0.3 is 5.97 Å². The number of hydrogen-bond donors (Lipinski definition) is 3. The molecule has 2 aromatic heterocycles. The fraction of sp³-hybridized carbons (Fsp3) is 0.636. The average molecular weight is 448 g/mol. The van der Waals surface area contributed by atoms with Gasteiger partial charge in [-0.1, -0.05) is 6.92 Å². The van der Waals surface area contributed by atoms with Crippen LogP contribution in [0.3, 0.4) is 0 Å². The highest BCUT2D eigenvalue weighted by atomic mass is 16.6. The molecule has 10 nitrogen and oxygen atoms in total. The van der Waals surface area contributed by atoms with Crippen LogP contribution in [-0.2, 0) is 14.3 Å². The fourth-order valence-corrected chi connectivity index (χ4v) is 3.10. The van der Waals surface area contributed by atoms with Crippen molar-refractivity contribution in [3.05, 3.63) is 24.2 Å². The first kappa shape index (κ1) is 25.5. The molecule has 32 heavy (non-hydrogen) atoms. The SMILES string of the molecule is CC(C)(O)O.CCC(C)(C)C(=O)OC[C@]1(C#N)CC[C@H](c2ccc3c(NC)ncnn23)O1. The molecule has 0 bridgehead atoms. The predicted octanol–water partition coefficient (Wildman–Crippen LogP) is 2.57. The summed E-state index contributed by atoms with van der Waals surface area (Å²) in [6.07, 6.45) is 2.98. The minimum Gasteiger partial charge on any atom is -0.461 e. The van der Waals surface area contributed by atoms with E-state index in [4.69, 9.17) is 19.7 Å². The second-order valence-electron chi connectivity index (χ2n) is 8.97. The van der Waals surface area contributed by atoms with Gasteiger partial charge in [-0.25, -0.2) is 9.50 Å². The lowest BCUT2D eigenvalue weighted by atomic mass is 9.90. The van der Waals surface area contributed by atoms with Gasteiger partial charge in [0.1, 0.15) is 30.6 Å². The van der Waals surface area contributed by atoms with Gasteiger partial charge in [-0.3, -0.25) is 4.79 Å². The van der Waals surface area contributed by atoms with Gasteiger partial charge in [0.15, 0.2) is 17.2 Å². The second kappa shape index (κ2) is 9.81. The highest BCUT2D eigenvalue weighted by Crippen LogP contribution is 2.40. The van der Waals surface area contributed by atoms with Crippen molar-refractivity contribution in [2.24, 2.45) is 5.41 Å². The first-order valence-corrected chi connectivity index (χ1v) is 10.6. The van der Waals surface area contributed by atoms with Crippen molar-refractivity contribution in [2.45, 2.75) is 71.4 Å². The van der Waals surface area contributed by atoms with Gasteiger partial charge in [0.2, 0.25) is 0 Å². The summed E-state index contributed by atoms with van der Waals surface area (Å²) in [5.74, 6) is -1.09. The van der Waals surface area contributed by atoms with E-state index in [0.717, 1.165) is 17.0 Å². The van der Waals surface area contributed by atoms with Gasteiger partial charge < -0.3 is 25.0 Å². The fourth-order valence-electron chi connectivity index (χ4n) is 3.10. The summed E-state index contributed by atoms with van der Waals surface area (Å²) in [5.41, 5.74) is -0.0227. The highest BCUT2D eigenvalue weighted by Gasteiger charge is 2.44. The van der Waals surface area contributed by atoms with Crippen LogP contribution in [0.25, 0.3) is 5.52 Å². The van der Waals surface area contributed by atoms with E-state index < -0.39 is 16.8 Å². The first-order valence-electron chi connectivity index (χ1n) is 10.6. The molecule has 0 radical (unpaired) electrons. The molecule has 0 spiro atoms. The summed E-state index contributed by atoms with van der Waals surface area (Å²) in [7, 11) is 1.80. The molecule has 3 rings (SSSR count). The van der Waals surface area contributed by atoms with Gasteiger partial charge in [-0.2, -0.15) is 10.4 Å². The normalized spacial score (nSPS) is 20.9. The first-order chi connectivity index (χ1) is 14.9. The number of nitrogens with zero attached hydrogens (tertiary/aromatic N) is 4. The molecule has 1 saturated heterocycles. The van der Waals surface area contributed by atoms with Crippen LogP contribution in [0.1, 0.15) is 65.7 Å². The number of carbonyl (C=O) groups excluding carboxylic acids is 1. The number of esters is 1. The van der Waals surface area contributed by atoms with E-state index >= 15 is 0 Å². The Bertz CT molecular complexity index is 969. The van der Waals surface area contributed by atoms with E-state index in [1.54, 1.807) is 11.6 Å². The minimum atomic E-state index is -1.50. The Balaban J connectivity index is 0.000000654. The predicted molar refractivity (Wildman–Crippen MR) is 117 cm³/mol. The zero-order valence-corrected chi connectivity index (χ0v) is 19.5. The molecule has 0 unspecified atom stereocenters. The lowest BCUT2D eigenvalue weighted by Gasteiger charge is -2.25. The van der Waals surface area contributed by atoms with Gasteiger partial charge in [0.05, 0.1) is 11.1 Å². The number of anilines is 1. The third-order valence-corrected chi connectivity index (χ3v) is 5.30. The number of nitrogens with one attached hydrogen (secondary N) is 1. The van der Waals surface area contributed by atoms with Crippen LogP contribution in [0.4, 0.5) is 5.82 Å². The maximum atomic E-state index is 12.3. The summed E-state index contributed by atoms with van der Waals surface area (Å²) < 4.78 is 13.3. The molecule has 1 aliphatic rings. The molecule has 0 saturated carbocycles. The zero-order valence-electron chi connectivity index (χ0n) is 19.5. The van der Waals surface area contributed by atoms with Crippen molar-refractivity contribution in [3.63, 3.8) is 0 Å². The molecule has 3 N–H and O–H groups in total. The van der Waals surface area contributed by atoms with Crippen LogP contribution in [0.15, 0.2) is 18.5 Å². The maximum Gasteiger partial charge on any atom is 0.311 e. The summed E-state index contributed by atoms with van der Waals surface area (Å²) in [6.45, 7) is 8.13. The third kappa shape index (κ3) is 6.16. The van der Waals surface area contributed by atoms with Gasteiger partial charge in [-0.05, 0) is 59.1 Å². The molecule has 0 aliphatic carbocycles. The molecule has 2 aromatic rings. The largest absolute Gasteiger partial charge is 0.461 e. The van der Waals surface area contributed by atoms with Crippen LogP contribution in [-0.4, -0.2) is 55.8 Å². The molecule has 1 aliphatic heterocycles. The minimum absolute atomic E-state index is 0.0671. The Morgan fingerprint density at radius 3 is 2.62 bits per heavy atom. The van der Waals surface area contributed by atoms with E-state index in [1.807, 2.05) is 32.9 Å². The van der Waals surface area contributed by atoms with Gasteiger partial charge in [0, 0.05) is 7.05 Å². The quantitative estimate of drug-likeness (QED) is 0.450. The van der Waals surface area contributed by atoms with Crippen molar-refractivity contribution < 1.29 is 24.5 Å². The second-order valence-corrected chi connectivity index (χ2v) is 8.97. The van der Waals surface area contributed by atoms with E-state index in [0.29, 0.717) is 19.3 Å². The van der Waals surface area contributed by atoms with E-state index in [-0.39, 0.29) is 18.7 Å². The van der Waals surface area contributed by atoms with Crippen molar-refractivity contribution in [2.75, 3.05) is 19.0 Å². The maximum absolute atomic E-state index is 12.3. The topological polar surface area (TPSA) is 142 Å². The van der Waals surface area contributed by atoms with Gasteiger partial charge in [-0.15, -0.1) is 0 Å². The lowest BCUT2D eigenvalue weighted by molar-refractivity contribution is -0.161. The number of fused-ring (bicyclic) bond motifs is 1. The molecular formula is C22H33N5O5. The lowest BCUT2D eigenvalue weighted by Crippen LogP contribution is -2.36. The monoisotopic (exact) mass is 447 g/mol. The van der Waals surface area contributed by atoms with Crippen LogP contribution in [0.2, 0.25) is 0 Å². The van der Waals surface area contributed by atoms with Crippen molar-refractivity contribution in [1.82, 2.24) is 14.6 Å². The van der Waals surface area contributed by atoms with Crippen molar-refractivity contribution in [3.8, 4) is 6.07 Å². The van der Waals surface area contributed by atoms with E-state index in [9.17, 15) is 10.1 Å². The Kier molecular flexibility index (Phi) is 7.83.